The Bertz CT molecular complexity index is 1220. The second-order valence-corrected chi connectivity index (χ2v) is 8.31. The SMILES string of the molecule is CCC(=O)Nc1ccc(C)cc1-c1nnc(SCC(=O)Nc2cccc(C)c2C)[nH]c1=O. The molecule has 0 radical (unpaired) electrons. The van der Waals surface area contributed by atoms with Crippen LogP contribution in [0.15, 0.2) is 46.3 Å². The molecule has 0 unspecified atom stereocenters. The molecule has 0 aliphatic carbocycles. The fourth-order valence-corrected chi connectivity index (χ4v) is 3.57. The lowest BCUT2D eigenvalue weighted by Gasteiger charge is -2.11. The minimum absolute atomic E-state index is 0.0690. The average Bonchev–Trinajstić information content (AvgIpc) is 2.77. The monoisotopic (exact) mass is 451 g/mol. The third-order valence-corrected chi connectivity index (χ3v) is 5.78. The van der Waals surface area contributed by atoms with Crippen LogP contribution in [0.1, 0.15) is 30.0 Å². The highest BCUT2D eigenvalue weighted by molar-refractivity contribution is 7.99. The van der Waals surface area contributed by atoms with E-state index in [2.05, 4.69) is 25.8 Å². The van der Waals surface area contributed by atoms with E-state index in [1.165, 1.54) is 0 Å². The number of amides is 2. The highest BCUT2D eigenvalue weighted by atomic mass is 32.2. The summed E-state index contributed by atoms with van der Waals surface area (Å²) in [6.45, 7) is 7.56. The van der Waals surface area contributed by atoms with Crippen molar-refractivity contribution in [2.75, 3.05) is 16.4 Å². The molecule has 0 spiro atoms. The van der Waals surface area contributed by atoms with Gasteiger partial charge < -0.3 is 10.6 Å². The number of aryl methyl sites for hydroxylation is 2. The van der Waals surface area contributed by atoms with E-state index in [9.17, 15) is 14.4 Å². The first kappa shape index (κ1) is 23.2. The fourth-order valence-electron chi connectivity index (χ4n) is 2.97. The Morgan fingerprint density at radius 1 is 1.00 bits per heavy atom. The summed E-state index contributed by atoms with van der Waals surface area (Å²) in [4.78, 5) is 39.5. The number of H-pyrrole nitrogens is 1. The van der Waals surface area contributed by atoms with E-state index in [-0.39, 0.29) is 28.4 Å². The molecule has 2 aromatic carbocycles. The van der Waals surface area contributed by atoms with Crippen molar-refractivity contribution < 1.29 is 9.59 Å². The maximum Gasteiger partial charge on any atom is 0.278 e. The van der Waals surface area contributed by atoms with Gasteiger partial charge in [0, 0.05) is 17.7 Å². The number of benzene rings is 2. The maximum absolute atomic E-state index is 12.7. The molecule has 0 saturated carbocycles. The van der Waals surface area contributed by atoms with Gasteiger partial charge in [-0.3, -0.25) is 19.4 Å². The lowest BCUT2D eigenvalue weighted by atomic mass is 10.1. The van der Waals surface area contributed by atoms with Crippen molar-refractivity contribution in [1.29, 1.82) is 0 Å². The number of aromatic amines is 1. The third-order valence-electron chi connectivity index (χ3n) is 4.92. The molecule has 0 saturated heterocycles. The van der Waals surface area contributed by atoms with Crippen LogP contribution in [0.5, 0.6) is 0 Å². The number of thioether (sulfide) groups is 1. The van der Waals surface area contributed by atoms with Crippen LogP contribution in [0.2, 0.25) is 0 Å². The lowest BCUT2D eigenvalue weighted by Crippen LogP contribution is -2.18. The first-order valence-corrected chi connectivity index (χ1v) is 11.1. The fraction of sp³-hybridized carbons (Fsp3) is 0.261. The van der Waals surface area contributed by atoms with Crippen LogP contribution >= 0.6 is 11.8 Å². The van der Waals surface area contributed by atoms with Crippen LogP contribution < -0.4 is 16.2 Å². The van der Waals surface area contributed by atoms with E-state index in [4.69, 9.17) is 0 Å². The first-order valence-electron chi connectivity index (χ1n) is 10.1. The molecule has 1 heterocycles. The molecule has 8 nitrogen and oxygen atoms in total. The summed E-state index contributed by atoms with van der Waals surface area (Å²) in [5, 5.41) is 14.0. The second kappa shape index (κ2) is 10.2. The highest BCUT2D eigenvalue weighted by Crippen LogP contribution is 2.26. The normalized spacial score (nSPS) is 10.6. The van der Waals surface area contributed by atoms with E-state index < -0.39 is 5.56 Å². The molecule has 166 valence electrons. The maximum atomic E-state index is 12.7. The molecule has 3 aromatic rings. The molecule has 0 aliphatic heterocycles. The Labute approximate surface area is 190 Å². The van der Waals surface area contributed by atoms with E-state index in [0.717, 1.165) is 34.1 Å². The molecule has 9 heteroatoms. The molecule has 0 atom stereocenters. The largest absolute Gasteiger partial charge is 0.325 e. The Kier molecular flexibility index (Phi) is 7.42. The van der Waals surface area contributed by atoms with Gasteiger partial charge in [-0.25, -0.2) is 0 Å². The van der Waals surface area contributed by atoms with Crippen LogP contribution in [0, 0.1) is 20.8 Å². The van der Waals surface area contributed by atoms with Crippen molar-refractivity contribution in [2.24, 2.45) is 0 Å². The predicted octanol–water partition coefficient (Wildman–Crippen LogP) is 3.84. The zero-order chi connectivity index (χ0) is 23.3. The Balaban J connectivity index is 1.74. The average molecular weight is 452 g/mol. The summed E-state index contributed by atoms with van der Waals surface area (Å²) in [7, 11) is 0. The van der Waals surface area contributed by atoms with Crippen molar-refractivity contribution >= 4 is 35.0 Å². The van der Waals surface area contributed by atoms with Gasteiger partial charge in [0.25, 0.3) is 5.56 Å². The molecule has 3 rings (SSSR count). The van der Waals surface area contributed by atoms with Gasteiger partial charge >= 0.3 is 0 Å². The molecule has 32 heavy (non-hydrogen) atoms. The van der Waals surface area contributed by atoms with Gasteiger partial charge in [-0.15, -0.1) is 10.2 Å². The van der Waals surface area contributed by atoms with Crippen LogP contribution in [0.4, 0.5) is 11.4 Å². The molecular formula is C23H25N5O3S. The number of anilines is 2. The first-order chi connectivity index (χ1) is 15.3. The Morgan fingerprint density at radius 2 is 1.75 bits per heavy atom. The number of rotatable bonds is 7. The van der Waals surface area contributed by atoms with E-state index in [0.29, 0.717) is 17.7 Å². The van der Waals surface area contributed by atoms with Gasteiger partial charge in [0.2, 0.25) is 11.8 Å². The topological polar surface area (TPSA) is 117 Å². The molecule has 2 amide bonds. The third kappa shape index (κ3) is 5.61. The van der Waals surface area contributed by atoms with Crippen LogP contribution in [-0.4, -0.2) is 32.7 Å². The number of carbonyl (C=O) groups excluding carboxylic acids is 2. The second-order valence-electron chi connectivity index (χ2n) is 7.34. The highest BCUT2D eigenvalue weighted by Gasteiger charge is 2.15. The van der Waals surface area contributed by atoms with Gasteiger partial charge in [0.1, 0.15) is 0 Å². The lowest BCUT2D eigenvalue weighted by molar-refractivity contribution is -0.116. The quantitative estimate of drug-likeness (QED) is 0.470. The van der Waals surface area contributed by atoms with Crippen molar-refractivity contribution in [2.45, 2.75) is 39.3 Å². The predicted molar refractivity (Wildman–Crippen MR) is 127 cm³/mol. The van der Waals surface area contributed by atoms with Crippen molar-refractivity contribution in [3.05, 3.63) is 63.4 Å². The Morgan fingerprint density at radius 3 is 2.47 bits per heavy atom. The molecule has 0 aliphatic rings. The van der Waals surface area contributed by atoms with E-state index in [1.807, 2.05) is 45.0 Å². The number of aromatic nitrogens is 3. The van der Waals surface area contributed by atoms with Crippen molar-refractivity contribution in [3.8, 4) is 11.3 Å². The molecule has 0 bridgehead atoms. The summed E-state index contributed by atoms with van der Waals surface area (Å²) in [6, 6.07) is 11.1. The zero-order valence-electron chi connectivity index (χ0n) is 18.4. The molecule has 0 fully saturated rings. The summed E-state index contributed by atoms with van der Waals surface area (Å²) < 4.78 is 0. The van der Waals surface area contributed by atoms with Gasteiger partial charge in [-0.1, -0.05) is 42.4 Å². The van der Waals surface area contributed by atoms with Crippen molar-refractivity contribution in [1.82, 2.24) is 15.2 Å². The Hall–Kier alpha value is -3.46. The van der Waals surface area contributed by atoms with Gasteiger partial charge in [-0.05, 0) is 50.1 Å². The zero-order valence-corrected chi connectivity index (χ0v) is 19.2. The summed E-state index contributed by atoms with van der Waals surface area (Å²) in [5.74, 6) is -0.306. The van der Waals surface area contributed by atoms with Crippen LogP contribution in [0.25, 0.3) is 11.3 Å². The minimum Gasteiger partial charge on any atom is -0.325 e. The number of carbonyl (C=O) groups is 2. The molecule has 3 N–H and O–H groups in total. The standard InChI is InChI=1S/C23H25N5O3S/c1-5-19(29)25-18-10-9-13(2)11-16(18)21-22(31)26-23(28-27-21)32-12-20(30)24-17-8-6-7-14(3)15(17)4/h6-11H,5,12H2,1-4H3,(H,24,30)(H,25,29)(H,26,28,31). The summed E-state index contributed by atoms with van der Waals surface area (Å²) >= 11 is 1.09. The van der Waals surface area contributed by atoms with Crippen LogP contribution in [0.3, 0.4) is 0 Å². The smallest absolute Gasteiger partial charge is 0.278 e. The van der Waals surface area contributed by atoms with Gasteiger partial charge in [0.15, 0.2) is 10.9 Å². The number of hydrogen-bond donors (Lipinski definition) is 3. The van der Waals surface area contributed by atoms with E-state index >= 15 is 0 Å². The summed E-state index contributed by atoms with van der Waals surface area (Å²) in [5.41, 5.74) is 4.41. The van der Waals surface area contributed by atoms with Gasteiger partial charge in [0.05, 0.1) is 11.4 Å². The van der Waals surface area contributed by atoms with Crippen LogP contribution in [-0.2, 0) is 9.59 Å². The summed E-state index contributed by atoms with van der Waals surface area (Å²) in [6.07, 6.45) is 0.315. The number of nitrogens with one attached hydrogen (secondary N) is 3. The molecular weight excluding hydrogens is 426 g/mol. The minimum atomic E-state index is -0.449. The van der Waals surface area contributed by atoms with Gasteiger partial charge in [-0.2, -0.15) is 0 Å². The number of hydrogen-bond acceptors (Lipinski definition) is 6. The van der Waals surface area contributed by atoms with Crippen molar-refractivity contribution in [3.63, 3.8) is 0 Å². The molecule has 1 aromatic heterocycles. The number of nitrogens with zero attached hydrogens (tertiary/aromatic N) is 2. The van der Waals surface area contributed by atoms with E-state index in [1.54, 1.807) is 19.1 Å².